The first-order valence-electron chi connectivity index (χ1n) is 13.2. The largest absolute Gasteiger partial charge is 0.487 e. The molecule has 1 aromatic heterocycles. The van der Waals surface area contributed by atoms with Crippen LogP contribution in [0.2, 0.25) is 0 Å². The van der Waals surface area contributed by atoms with E-state index in [1.54, 1.807) is 19.2 Å². The molecular weight excluding hydrogens is 552 g/mol. The predicted molar refractivity (Wildman–Crippen MR) is 134 cm³/mol. The quantitative estimate of drug-likeness (QED) is 0.248. The van der Waals surface area contributed by atoms with E-state index in [1.807, 2.05) is 0 Å². The van der Waals surface area contributed by atoms with E-state index < -0.39 is 58.3 Å². The van der Waals surface area contributed by atoms with Crippen LogP contribution < -0.4 is 9.47 Å². The Morgan fingerprint density at radius 2 is 1.76 bits per heavy atom. The van der Waals surface area contributed by atoms with Crippen LogP contribution in [0.25, 0.3) is 11.1 Å². The number of hydrogen-bond donors (Lipinski definition) is 1. The lowest BCUT2D eigenvalue weighted by Gasteiger charge is -2.40. The Labute approximate surface area is 231 Å². The number of alkyl halides is 3. The van der Waals surface area contributed by atoms with Crippen molar-refractivity contribution in [1.29, 1.82) is 0 Å². The average molecular weight is 578 g/mol. The molecule has 11 heteroatoms. The minimum Gasteiger partial charge on any atom is -0.487 e. The number of aldehydes is 1. The molecule has 1 heterocycles. The number of carbonyl (C=O) groups is 1. The first-order chi connectivity index (χ1) is 19.3. The van der Waals surface area contributed by atoms with Crippen LogP contribution in [0.3, 0.4) is 0 Å². The SMILES string of the molecule is CC1(O)CC(COc2c(F)cc(-c3cc(COc4cc5c(cn4)C4C(C=O)C4C5)c(F)cc3C(F)(F)F)cc2F)C1. The van der Waals surface area contributed by atoms with Crippen LogP contribution >= 0.6 is 0 Å². The van der Waals surface area contributed by atoms with Crippen LogP contribution in [0.1, 0.15) is 47.9 Å². The number of fused-ring (bicyclic) bond motifs is 3. The number of halogens is 6. The van der Waals surface area contributed by atoms with Gasteiger partial charge in [0.15, 0.2) is 17.4 Å². The van der Waals surface area contributed by atoms with Crippen molar-refractivity contribution in [3.05, 3.63) is 76.2 Å². The number of ether oxygens (including phenoxy) is 2. The van der Waals surface area contributed by atoms with Gasteiger partial charge in [0.2, 0.25) is 5.88 Å². The fourth-order valence-corrected chi connectivity index (χ4v) is 6.29. The highest BCUT2D eigenvalue weighted by Gasteiger charge is 2.55. The molecule has 41 heavy (non-hydrogen) atoms. The van der Waals surface area contributed by atoms with Crippen molar-refractivity contribution < 1.29 is 45.7 Å². The molecule has 3 aliphatic carbocycles. The Balaban J connectivity index is 1.24. The standard InChI is InChI=1S/C30H25F6NO4/c1-29(39)8-14(9-29)12-41-28-24(32)4-16(5-25(28)33)18-3-17(23(31)7-22(18)30(34,35)36)13-40-26-6-15-2-19-21(11-38)27(19)20(15)10-37-26/h3-7,10-11,14,19,21,27,39H,2,8-9,12-13H2,1H3. The Hall–Kier alpha value is -3.60. The zero-order chi connectivity index (χ0) is 29.3. The van der Waals surface area contributed by atoms with Gasteiger partial charge in [0.1, 0.15) is 18.7 Å². The summed E-state index contributed by atoms with van der Waals surface area (Å²) in [5.41, 5.74) is -1.69. The molecule has 216 valence electrons. The summed E-state index contributed by atoms with van der Waals surface area (Å²) >= 11 is 0. The topological polar surface area (TPSA) is 68.7 Å². The molecular formula is C30H25F6NO4. The molecule has 6 rings (SSSR count). The molecule has 1 N–H and O–H groups in total. The van der Waals surface area contributed by atoms with Gasteiger partial charge in [0.25, 0.3) is 0 Å². The minimum absolute atomic E-state index is 0.00797. The van der Waals surface area contributed by atoms with Gasteiger partial charge in [-0.05, 0) is 90.5 Å². The second-order valence-electron chi connectivity index (χ2n) is 11.5. The number of aromatic nitrogens is 1. The van der Waals surface area contributed by atoms with Crippen LogP contribution in [0.4, 0.5) is 26.3 Å². The molecule has 0 aliphatic heterocycles. The molecule has 0 amide bonds. The summed E-state index contributed by atoms with van der Waals surface area (Å²) in [7, 11) is 0. The van der Waals surface area contributed by atoms with E-state index in [9.17, 15) is 36.2 Å². The summed E-state index contributed by atoms with van der Waals surface area (Å²) in [5, 5.41) is 9.81. The lowest BCUT2D eigenvalue weighted by molar-refractivity contribution is -0.137. The highest BCUT2D eigenvalue weighted by molar-refractivity contribution is 5.70. The molecule has 3 unspecified atom stereocenters. The summed E-state index contributed by atoms with van der Waals surface area (Å²) in [6.07, 6.45) is -1.01. The van der Waals surface area contributed by atoms with Gasteiger partial charge in [-0.2, -0.15) is 13.2 Å². The lowest BCUT2D eigenvalue weighted by Crippen LogP contribution is -2.43. The fraction of sp³-hybridized carbons (Fsp3) is 0.400. The maximum Gasteiger partial charge on any atom is 0.417 e. The van der Waals surface area contributed by atoms with Gasteiger partial charge in [-0.1, -0.05) is 0 Å². The van der Waals surface area contributed by atoms with Crippen molar-refractivity contribution in [1.82, 2.24) is 4.98 Å². The zero-order valence-corrected chi connectivity index (χ0v) is 21.8. The summed E-state index contributed by atoms with van der Waals surface area (Å²) < 4.78 is 96.9. The number of aliphatic hydroxyl groups is 1. The number of carbonyl (C=O) groups excluding carboxylic acids is 1. The summed E-state index contributed by atoms with van der Waals surface area (Å²) in [4.78, 5) is 15.3. The third-order valence-corrected chi connectivity index (χ3v) is 8.30. The Kier molecular flexibility index (Phi) is 6.55. The fourth-order valence-electron chi connectivity index (χ4n) is 6.29. The molecule has 2 aromatic carbocycles. The Morgan fingerprint density at radius 1 is 1.05 bits per heavy atom. The molecule has 3 aromatic rings. The van der Waals surface area contributed by atoms with Crippen LogP contribution in [0.5, 0.6) is 11.6 Å². The van der Waals surface area contributed by atoms with E-state index in [0.29, 0.717) is 31.4 Å². The highest BCUT2D eigenvalue weighted by atomic mass is 19.4. The van der Waals surface area contributed by atoms with Gasteiger partial charge in [-0.25, -0.2) is 18.2 Å². The molecule has 0 saturated heterocycles. The van der Waals surface area contributed by atoms with Crippen molar-refractivity contribution in [3.8, 4) is 22.8 Å². The van der Waals surface area contributed by atoms with Crippen LogP contribution in [0.15, 0.2) is 36.5 Å². The Bertz CT molecular complexity index is 1510. The normalized spacial score (nSPS) is 26.1. The van der Waals surface area contributed by atoms with Crippen LogP contribution in [-0.4, -0.2) is 28.6 Å². The van der Waals surface area contributed by atoms with Gasteiger partial charge < -0.3 is 19.4 Å². The third-order valence-electron chi connectivity index (χ3n) is 8.30. The summed E-state index contributed by atoms with van der Waals surface area (Å²) in [6.45, 7) is 1.09. The van der Waals surface area contributed by atoms with E-state index >= 15 is 0 Å². The number of nitrogens with zero attached hydrogens (tertiary/aromatic N) is 1. The van der Waals surface area contributed by atoms with Gasteiger partial charge in [0, 0.05) is 23.7 Å². The van der Waals surface area contributed by atoms with E-state index in [-0.39, 0.29) is 47.8 Å². The van der Waals surface area contributed by atoms with E-state index in [1.165, 1.54) is 0 Å². The van der Waals surface area contributed by atoms with Gasteiger partial charge >= 0.3 is 6.18 Å². The highest BCUT2D eigenvalue weighted by Crippen LogP contribution is 2.60. The van der Waals surface area contributed by atoms with Crippen molar-refractivity contribution in [2.75, 3.05) is 6.61 Å². The van der Waals surface area contributed by atoms with Crippen molar-refractivity contribution in [2.45, 2.75) is 50.5 Å². The molecule has 3 aliphatic rings. The summed E-state index contributed by atoms with van der Waals surface area (Å²) in [6, 6.07) is 4.23. The molecule has 0 spiro atoms. The number of hydrogen-bond acceptors (Lipinski definition) is 5. The van der Waals surface area contributed by atoms with Crippen LogP contribution in [-0.2, 0) is 24.0 Å². The van der Waals surface area contributed by atoms with E-state index in [4.69, 9.17) is 9.47 Å². The Morgan fingerprint density at radius 3 is 2.39 bits per heavy atom. The minimum atomic E-state index is -5.01. The van der Waals surface area contributed by atoms with Gasteiger partial charge in [-0.3, -0.25) is 0 Å². The first-order valence-corrected chi connectivity index (χ1v) is 13.2. The maximum absolute atomic E-state index is 14.9. The second-order valence-corrected chi connectivity index (χ2v) is 11.5. The molecule has 2 saturated carbocycles. The summed E-state index contributed by atoms with van der Waals surface area (Å²) in [5.74, 6) is -3.95. The third kappa shape index (κ3) is 5.16. The second kappa shape index (κ2) is 9.75. The van der Waals surface area contributed by atoms with E-state index in [2.05, 4.69) is 4.98 Å². The van der Waals surface area contributed by atoms with Crippen molar-refractivity contribution in [3.63, 3.8) is 0 Å². The molecule has 2 fully saturated rings. The maximum atomic E-state index is 14.9. The van der Waals surface area contributed by atoms with E-state index in [0.717, 1.165) is 23.5 Å². The monoisotopic (exact) mass is 577 g/mol. The molecule has 0 bridgehead atoms. The molecule has 0 radical (unpaired) electrons. The molecule has 5 nitrogen and oxygen atoms in total. The number of benzene rings is 2. The number of pyridine rings is 1. The van der Waals surface area contributed by atoms with Crippen molar-refractivity contribution in [2.24, 2.45) is 17.8 Å². The molecule has 3 atom stereocenters. The zero-order valence-electron chi connectivity index (χ0n) is 21.8. The van der Waals surface area contributed by atoms with Crippen molar-refractivity contribution >= 4 is 6.29 Å². The van der Waals surface area contributed by atoms with Gasteiger partial charge in [-0.15, -0.1) is 0 Å². The van der Waals surface area contributed by atoms with Gasteiger partial charge in [0.05, 0.1) is 17.8 Å². The number of rotatable bonds is 8. The lowest BCUT2D eigenvalue weighted by atomic mass is 9.73. The average Bonchev–Trinajstić information content (AvgIpc) is 3.44. The predicted octanol–water partition coefficient (Wildman–Crippen LogP) is 6.39. The van der Waals surface area contributed by atoms with Crippen LogP contribution in [0, 0.1) is 35.2 Å². The first kappa shape index (κ1) is 27.6. The smallest absolute Gasteiger partial charge is 0.417 e.